The van der Waals surface area contributed by atoms with Crippen LogP contribution in [0.5, 0.6) is 0 Å². The Labute approximate surface area is 61.6 Å². The molecule has 0 spiro atoms. The first-order chi connectivity index (χ1) is 1.00. The molecule has 0 aliphatic rings. The summed E-state index contributed by atoms with van der Waals surface area (Å²) < 4.78 is 8.30. The molecule has 0 amide bonds. The van der Waals surface area contributed by atoms with Crippen molar-refractivity contribution in [1.82, 2.24) is 0 Å². The SMILES string of the molecule is [Co].[O]=[Nb].[W]. The van der Waals surface area contributed by atoms with Crippen LogP contribution in [0.25, 0.3) is 0 Å². The van der Waals surface area contributed by atoms with Gasteiger partial charge in [0.25, 0.3) is 0 Å². The average molecular weight is 352 g/mol. The van der Waals surface area contributed by atoms with Crippen molar-refractivity contribution in [2.45, 2.75) is 0 Å². The zero-order valence-corrected chi connectivity index (χ0v) is 7.77. The monoisotopic (exact) mass is 352 g/mol. The summed E-state index contributed by atoms with van der Waals surface area (Å²) >= 11 is 0.500. The molecular formula is CoNbOW. The van der Waals surface area contributed by atoms with E-state index in [9.17, 15) is 0 Å². The third-order valence-corrected chi connectivity index (χ3v) is 0. The van der Waals surface area contributed by atoms with Crippen molar-refractivity contribution < 1.29 is 62.1 Å². The van der Waals surface area contributed by atoms with Crippen LogP contribution in [0.3, 0.4) is 0 Å². The summed E-state index contributed by atoms with van der Waals surface area (Å²) in [5.41, 5.74) is 0. The largest absolute Gasteiger partial charge is 0 e. The molecule has 0 saturated heterocycles. The quantitative estimate of drug-likeness (QED) is 0.556. The maximum absolute atomic E-state index is 8.30. The van der Waals surface area contributed by atoms with Crippen LogP contribution in [0.4, 0.5) is 0 Å². The van der Waals surface area contributed by atoms with Crippen LogP contribution in [0.15, 0.2) is 0 Å². The normalized spacial score (nSPS) is 0.750. The van der Waals surface area contributed by atoms with Gasteiger partial charge in [0, 0.05) is 37.8 Å². The summed E-state index contributed by atoms with van der Waals surface area (Å²) in [5, 5.41) is 0. The molecule has 0 heterocycles. The van der Waals surface area contributed by atoms with Gasteiger partial charge in [0.2, 0.25) is 0 Å². The van der Waals surface area contributed by atoms with Crippen LogP contribution in [0.1, 0.15) is 0 Å². The topological polar surface area (TPSA) is 17.1 Å². The van der Waals surface area contributed by atoms with Gasteiger partial charge in [-0.2, -0.15) is 0 Å². The summed E-state index contributed by atoms with van der Waals surface area (Å²) in [6, 6.07) is 0. The Kier molecular flexibility index (Phi) is 94.3. The van der Waals surface area contributed by atoms with Crippen LogP contribution in [0, 0.1) is 0 Å². The standard InChI is InChI=1S/Co.Nb.O.W. The smallest absolute Gasteiger partial charge is 0 e. The van der Waals surface area contributed by atoms with E-state index in [0.717, 1.165) is 0 Å². The van der Waals surface area contributed by atoms with Crippen LogP contribution in [0.2, 0.25) is 0 Å². The fourth-order valence-electron chi connectivity index (χ4n) is 0. The van der Waals surface area contributed by atoms with Gasteiger partial charge in [-0.3, -0.25) is 0 Å². The molecular weight excluding hydrogens is 352 g/mol. The third kappa shape index (κ3) is 9.28. The molecule has 4 heavy (non-hydrogen) atoms. The third-order valence-electron chi connectivity index (χ3n) is 0. The van der Waals surface area contributed by atoms with Crippen molar-refractivity contribution in [2.24, 2.45) is 0 Å². The minimum Gasteiger partial charge on any atom is 0 e. The van der Waals surface area contributed by atoms with E-state index >= 15 is 0 Å². The fraction of sp³-hybridized carbons (Fsp3) is 0. The van der Waals surface area contributed by atoms with Gasteiger partial charge in [0.15, 0.2) is 0 Å². The van der Waals surface area contributed by atoms with E-state index in [1.165, 1.54) is 0 Å². The minimum atomic E-state index is 0. The van der Waals surface area contributed by atoms with Crippen molar-refractivity contribution in [3.63, 3.8) is 0 Å². The predicted molar refractivity (Wildman–Crippen MR) is 0.686 cm³/mol. The minimum absolute atomic E-state index is 0. The molecule has 0 aliphatic carbocycles. The second kappa shape index (κ2) is 21.9. The first-order valence-corrected chi connectivity index (χ1v) is 1.08. The molecule has 4 heteroatoms. The summed E-state index contributed by atoms with van der Waals surface area (Å²) in [7, 11) is 0. The van der Waals surface area contributed by atoms with Gasteiger partial charge < -0.3 is 0 Å². The summed E-state index contributed by atoms with van der Waals surface area (Å²) in [4.78, 5) is 0. The van der Waals surface area contributed by atoms with Gasteiger partial charge >= 0.3 is 24.3 Å². The van der Waals surface area contributed by atoms with Crippen molar-refractivity contribution in [1.29, 1.82) is 0 Å². The molecule has 0 aliphatic heterocycles. The summed E-state index contributed by atoms with van der Waals surface area (Å²) in [6.07, 6.45) is 0. The molecule has 1 nitrogen and oxygen atoms in total. The maximum atomic E-state index is 8.30. The zero-order valence-electron chi connectivity index (χ0n) is 1.60. The second-order valence-electron chi connectivity index (χ2n) is 0. The molecule has 0 fully saturated rings. The van der Waals surface area contributed by atoms with E-state index < -0.39 is 0 Å². The van der Waals surface area contributed by atoms with Crippen LogP contribution in [-0.4, -0.2) is 0 Å². The van der Waals surface area contributed by atoms with Crippen molar-refractivity contribution >= 4 is 0 Å². The fourth-order valence-corrected chi connectivity index (χ4v) is 0. The average Bonchev–Trinajstić information content (AvgIpc) is 1.00. The summed E-state index contributed by atoms with van der Waals surface area (Å²) in [5.74, 6) is 0. The predicted octanol–water partition coefficient (Wildman–Crippen LogP) is -0.126. The van der Waals surface area contributed by atoms with E-state index in [0.29, 0.717) is 21.0 Å². The Morgan fingerprint density at radius 1 is 1.25 bits per heavy atom. The molecule has 0 saturated carbocycles. The molecule has 26 valence electrons. The van der Waals surface area contributed by atoms with E-state index in [-0.39, 0.29) is 37.8 Å². The molecule has 0 N–H and O–H groups in total. The Morgan fingerprint density at radius 2 is 1.25 bits per heavy atom. The Morgan fingerprint density at radius 3 is 1.25 bits per heavy atom. The first-order valence-electron chi connectivity index (χ1n) is 0.183. The first kappa shape index (κ1) is 17.2. The molecule has 0 aromatic heterocycles. The second-order valence-corrected chi connectivity index (χ2v) is 0. The van der Waals surface area contributed by atoms with E-state index in [2.05, 4.69) is 0 Å². The molecule has 0 bridgehead atoms. The maximum Gasteiger partial charge on any atom is 0 e. The van der Waals surface area contributed by atoms with Crippen LogP contribution >= 0.6 is 0 Å². The van der Waals surface area contributed by atoms with Gasteiger partial charge in [0.05, 0.1) is 0 Å². The van der Waals surface area contributed by atoms with Gasteiger partial charge in [-0.25, -0.2) is 0 Å². The number of hydrogen-bond donors (Lipinski definition) is 0. The number of hydrogen-bond acceptors (Lipinski definition) is 1. The van der Waals surface area contributed by atoms with E-state index in [1.54, 1.807) is 0 Å². The Bertz CT molecular complexity index is 8.00. The van der Waals surface area contributed by atoms with Gasteiger partial charge in [0.1, 0.15) is 0 Å². The van der Waals surface area contributed by atoms with E-state index in [4.69, 9.17) is 3.25 Å². The molecule has 1 radical (unpaired) electrons. The van der Waals surface area contributed by atoms with E-state index in [1.807, 2.05) is 0 Å². The van der Waals surface area contributed by atoms with Crippen LogP contribution < -0.4 is 0 Å². The molecule has 0 rings (SSSR count). The molecule has 0 aromatic rings. The molecule has 0 atom stereocenters. The van der Waals surface area contributed by atoms with Crippen LogP contribution in [-0.2, 0) is 62.1 Å². The summed E-state index contributed by atoms with van der Waals surface area (Å²) in [6.45, 7) is 0. The van der Waals surface area contributed by atoms with Gasteiger partial charge in [-0.15, -0.1) is 0 Å². The molecule has 0 aromatic carbocycles. The van der Waals surface area contributed by atoms with Crippen molar-refractivity contribution in [3.8, 4) is 0 Å². The van der Waals surface area contributed by atoms with Crippen molar-refractivity contribution in [3.05, 3.63) is 0 Å². The van der Waals surface area contributed by atoms with Gasteiger partial charge in [-0.1, -0.05) is 0 Å². The number of rotatable bonds is 0. The van der Waals surface area contributed by atoms with Crippen molar-refractivity contribution in [2.75, 3.05) is 0 Å². The zero-order chi connectivity index (χ0) is 2.00. The Hall–Kier alpha value is 1.74. The van der Waals surface area contributed by atoms with Gasteiger partial charge in [-0.05, 0) is 0 Å². The molecule has 0 unspecified atom stereocenters. The Balaban J connectivity index is -0.00000000500.